The number of amides is 1. The predicted octanol–water partition coefficient (Wildman–Crippen LogP) is 2.02. The smallest absolute Gasteiger partial charge is 0.220 e. The van der Waals surface area contributed by atoms with E-state index in [0.29, 0.717) is 23.1 Å². The Morgan fingerprint density at radius 3 is 2.71 bits per heavy atom. The highest BCUT2D eigenvalue weighted by atomic mass is 79.9. The Labute approximate surface area is 154 Å². The van der Waals surface area contributed by atoms with Gasteiger partial charge in [0.1, 0.15) is 5.82 Å². The molecule has 134 valence electrons. The lowest BCUT2D eigenvalue weighted by atomic mass is 10.1. The second-order valence-electron chi connectivity index (χ2n) is 5.41. The van der Waals surface area contributed by atoms with E-state index in [2.05, 4.69) is 21.2 Å². The van der Waals surface area contributed by atoms with E-state index in [4.69, 9.17) is 0 Å². The number of nitrogens with zero attached hydrogens (tertiary/aromatic N) is 1. The first-order chi connectivity index (χ1) is 11.4. The third kappa shape index (κ3) is 6.02. The lowest BCUT2D eigenvalue weighted by molar-refractivity contribution is -0.120. The van der Waals surface area contributed by atoms with Gasteiger partial charge in [0, 0.05) is 42.0 Å². The van der Waals surface area contributed by atoms with E-state index in [1.165, 1.54) is 10.4 Å². The summed E-state index contributed by atoms with van der Waals surface area (Å²) in [5.41, 5.74) is 0.465. The molecule has 0 unspecified atom stereocenters. The topological polar surface area (TPSA) is 66.5 Å². The highest BCUT2D eigenvalue weighted by Crippen LogP contribution is 2.16. The van der Waals surface area contributed by atoms with Gasteiger partial charge in [0.15, 0.2) is 0 Å². The highest BCUT2D eigenvalue weighted by Gasteiger charge is 2.23. The monoisotopic (exact) mass is 438 g/mol. The third-order valence-electron chi connectivity index (χ3n) is 3.68. The maximum Gasteiger partial charge on any atom is 0.220 e. The molecule has 1 heterocycles. The molecule has 1 aromatic carbocycles. The van der Waals surface area contributed by atoms with Crippen LogP contribution in [0.5, 0.6) is 0 Å². The van der Waals surface area contributed by atoms with Gasteiger partial charge in [-0.15, -0.1) is 0 Å². The Morgan fingerprint density at radius 1 is 1.33 bits per heavy atom. The Kier molecular flexibility index (Phi) is 7.52. The van der Waals surface area contributed by atoms with E-state index in [1.807, 2.05) is 0 Å². The van der Waals surface area contributed by atoms with Crippen molar-refractivity contribution in [3.63, 3.8) is 0 Å². The van der Waals surface area contributed by atoms with Gasteiger partial charge in [0.25, 0.3) is 0 Å². The number of rotatable bonds is 7. The number of benzene rings is 1. The molecular formula is C15H20BrFN2O3S2. The number of aryl methyl sites for hydroxylation is 1. The van der Waals surface area contributed by atoms with Crippen LogP contribution in [-0.4, -0.2) is 55.5 Å². The van der Waals surface area contributed by atoms with Crippen molar-refractivity contribution >= 4 is 43.6 Å². The molecule has 0 spiro atoms. The standard InChI is InChI=1S/C15H20BrFN2O3S2/c16-13-3-1-12(14(17)11-13)2-4-15(20)18-5-10-24(21,22)19-6-8-23-9-7-19/h1,3,11H,2,4-10H2,(H,18,20). The lowest BCUT2D eigenvalue weighted by Crippen LogP contribution is -2.41. The summed E-state index contributed by atoms with van der Waals surface area (Å²) < 4.78 is 40.1. The molecule has 1 saturated heterocycles. The summed E-state index contributed by atoms with van der Waals surface area (Å²) in [7, 11) is -3.32. The van der Waals surface area contributed by atoms with Crippen molar-refractivity contribution in [3.8, 4) is 0 Å². The second-order valence-corrected chi connectivity index (χ2v) is 9.64. The number of halogens is 2. The van der Waals surface area contributed by atoms with Crippen LogP contribution < -0.4 is 5.32 Å². The molecule has 0 aliphatic carbocycles. The van der Waals surface area contributed by atoms with Crippen molar-refractivity contribution < 1.29 is 17.6 Å². The second kappa shape index (κ2) is 9.17. The Morgan fingerprint density at radius 2 is 2.04 bits per heavy atom. The predicted molar refractivity (Wildman–Crippen MR) is 98.1 cm³/mol. The van der Waals surface area contributed by atoms with Crippen LogP contribution in [-0.2, 0) is 21.2 Å². The zero-order chi connectivity index (χ0) is 17.6. The van der Waals surface area contributed by atoms with Crippen LogP contribution in [0.4, 0.5) is 4.39 Å². The Hall–Kier alpha value is -0.640. The molecule has 1 amide bonds. The fourth-order valence-corrected chi connectivity index (χ4v) is 5.16. The van der Waals surface area contributed by atoms with E-state index in [0.717, 1.165) is 11.5 Å². The van der Waals surface area contributed by atoms with Crippen molar-refractivity contribution in [2.75, 3.05) is 36.9 Å². The van der Waals surface area contributed by atoms with Crippen molar-refractivity contribution in [2.24, 2.45) is 0 Å². The fraction of sp³-hybridized carbons (Fsp3) is 0.533. The van der Waals surface area contributed by atoms with E-state index >= 15 is 0 Å². The highest BCUT2D eigenvalue weighted by molar-refractivity contribution is 9.10. The summed E-state index contributed by atoms with van der Waals surface area (Å²) >= 11 is 4.92. The lowest BCUT2D eigenvalue weighted by Gasteiger charge is -2.25. The van der Waals surface area contributed by atoms with Crippen LogP contribution >= 0.6 is 27.7 Å². The van der Waals surface area contributed by atoms with Crippen LogP contribution in [0.25, 0.3) is 0 Å². The number of nitrogens with one attached hydrogen (secondary N) is 1. The molecule has 0 bridgehead atoms. The Bertz CT molecular complexity index is 679. The molecule has 1 N–H and O–H groups in total. The zero-order valence-corrected chi connectivity index (χ0v) is 16.4. The van der Waals surface area contributed by atoms with Crippen molar-refractivity contribution in [2.45, 2.75) is 12.8 Å². The van der Waals surface area contributed by atoms with Gasteiger partial charge < -0.3 is 5.32 Å². The molecule has 0 atom stereocenters. The number of carbonyl (C=O) groups excluding carboxylic acids is 1. The van der Waals surface area contributed by atoms with Crippen LogP contribution in [0.15, 0.2) is 22.7 Å². The molecule has 0 radical (unpaired) electrons. The van der Waals surface area contributed by atoms with E-state index in [1.54, 1.807) is 23.9 Å². The average molecular weight is 439 g/mol. The fourth-order valence-electron chi connectivity index (χ4n) is 2.33. The van der Waals surface area contributed by atoms with Crippen LogP contribution in [0.2, 0.25) is 0 Å². The van der Waals surface area contributed by atoms with E-state index < -0.39 is 10.0 Å². The van der Waals surface area contributed by atoms with Gasteiger partial charge in [-0.3, -0.25) is 4.79 Å². The Balaban J connectivity index is 1.73. The number of carbonyl (C=O) groups is 1. The molecule has 1 aliphatic heterocycles. The minimum atomic E-state index is -3.32. The first kappa shape index (κ1) is 19.7. The maximum atomic E-state index is 13.7. The van der Waals surface area contributed by atoms with Crippen molar-refractivity contribution in [1.82, 2.24) is 9.62 Å². The summed E-state index contributed by atoms with van der Waals surface area (Å²) in [6.07, 6.45) is 0.403. The van der Waals surface area contributed by atoms with Crippen LogP contribution in [0.3, 0.4) is 0 Å². The molecule has 1 aliphatic rings. The van der Waals surface area contributed by atoms with Gasteiger partial charge in [-0.1, -0.05) is 22.0 Å². The number of sulfonamides is 1. The SMILES string of the molecule is O=C(CCc1ccc(Br)cc1F)NCCS(=O)(=O)N1CCSCC1. The van der Waals surface area contributed by atoms with Gasteiger partial charge >= 0.3 is 0 Å². The molecule has 0 aromatic heterocycles. The summed E-state index contributed by atoms with van der Waals surface area (Å²) in [6.45, 7) is 1.14. The molecule has 24 heavy (non-hydrogen) atoms. The summed E-state index contributed by atoms with van der Waals surface area (Å²) in [5, 5.41) is 2.60. The molecular weight excluding hydrogens is 419 g/mol. The first-order valence-corrected chi connectivity index (χ1v) is 11.2. The summed E-state index contributed by atoms with van der Waals surface area (Å²) in [4.78, 5) is 11.8. The summed E-state index contributed by atoms with van der Waals surface area (Å²) in [6, 6.07) is 4.71. The summed E-state index contributed by atoms with van der Waals surface area (Å²) in [5.74, 6) is 0.884. The van der Waals surface area contributed by atoms with Gasteiger partial charge in [-0.2, -0.15) is 11.8 Å². The number of hydrogen-bond acceptors (Lipinski definition) is 4. The van der Waals surface area contributed by atoms with Crippen molar-refractivity contribution in [1.29, 1.82) is 0 Å². The zero-order valence-electron chi connectivity index (χ0n) is 13.1. The van der Waals surface area contributed by atoms with Crippen LogP contribution in [0, 0.1) is 5.82 Å². The van der Waals surface area contributed by atoms with Crippen LogP contribution in [0.1, 0.15) is 12.0 Å². The molecule has 9 heteroatoms. The van der Waals surface area contributed by atoms with Crippen molar-refractivity contribution in [3.05, 3.63) is 34.1 Å². The minimum Gasteiger partial charge on any atom is -0.355 e. The quantitative estimate of drug-likeness (QED) is 0.706. The first-order valence-electron chi connectivity index (χ1n) is 7.65. The normalized spacial score (nSPS) is 16.1. The minimum absolute atomic E-state index is 0.0770. The maximum absolute atomic E-state index is 13.7. The average Bonchev–Trinajstić information content (AvgIpc) is 2.55. The molecule has 1 aromatic rings. The van der Waals surface area contributed by atoms with Gasteiger partial charge in [0.05, 0.1) is 5.75 Å². The van der Waals surface area contributed by atoms with E-state index in [-0.39, 0.29) is 36.9 Å². The third-order valence-corrected chi connectivity index (χ3v) is 6.99. The van der Waals surface area contributed by atoms with Gasteiger partial charge in [-0.25, -0.2) is 17.1 Å². The molecule has 1 fully saturated rings. The van der Waals surface area contributed by atoms with E-state index in [9.17, 15) is 17.6 Å². The molecule has 2 rings (SSSR count). The van der Waals surface area contributed by atoms with Gasteiger partial charge in [-0.05, 0) is 24.1 Å². The molecule has 5 nitrogen and oxygen atoms in total. The molecule has 0 saturated carbocycles. The number of hydrogen-bond donors (Lipinski definition) is 1. The largest absolute Gasteiger partial charge is 0.355 e. The van der Waals surface area contributed by atoms with Gasteiger partial charge in [0.2, 0.25) is 15.9 Å². The number of thioether (sulfide) groups is 1.